The molecular formula is C25H33FN2O3. The van der Waals surface area contributed by atoms with Gasteiger partial charge in [-0.25, -0.2) is 4.39 Å². The van der Waals surface area contributed by atoms with Crippen LogP contribution in [0.15, 0.2) is 36.4 Å². The van der Waals surface area contributed by atoms with E-state index in [0.29, 0.717) is 12.3 Å². The van der Waals surface area contributed by atoms with E-state index >= 15 is 0 Å². The van der Waals surface area contributed by atoms with E-state index in [-0.39, 0.29) is 30.8 Å². The first kappa shape index (κ1) is 24.4. The van der Waals surface area contributed by atoms with Crippen molar-refractivity contribution in [3.05, 3.63) is 64.5 Å². The fourth-order valence-electron chi connectivity index (χ4n) is 3.28. The molecule has 0 saturated carbocycles. The van der Waals surface area contributed by atoms with Gasteiger partial charge >= 0.3 is 0 Å². The number of aryl methyl sites for hydroxylation is 2. The van der Waals surface area contributed by atoms with E-state index in [0.717, 1.165) is 35.1 Å². The molecule has 1 atom stereocenters. The van der Waals surface area contributed by atoms with Gasteiger partial charge in [0.15, 0.2) is 6.61 Å². The second-order valence-corrected chi connectivity index (χ2v) is 7.96. The SMILES string of the molecule is CCCCNC(=O)[C@H](C)N(Cc1ccc(F)cc1)C(=O)COc1cc(C)cc(C)c1C. The van der Waals surface area contributed by atoms with Crippen LogP contribution in [0.1, 0.15) is 48.9 Å². The minimum Gasteiger partial charge on any atom is -0.483 e. The Balaban J connectivity index is 2.16. The number of hydrogen-bond donors (Lipinski definition) is 1. The molecule has 2 aromatic rings. The zero-order chi connectivity index (χ0) is 23.0. The molecule has 0 aliphatic rings. The van der Waals surface area contributed by atoms with Crippen LogP contribution in [0.25, 0.3) is 0 Å². The highest BCUT2D eigenvalue weighted by atomic mass is 19.1. The molecule has 6 heteroatoms. The summed E-state index contributed by atoms with van der Waals surface area (Å²) < 4.78 is 19.1. The third-order valence-electron chi connectivity index (χ3n) is 5.38. The fraction of sp³-hybridized carbons (Fsp3) is 0.440. The molecule has 0 unspecified atom stereocenters. The molecule has 0 bridgehead atoms. The molecule has 31 heavy (non-hydrogen) atoms. The number of amides is 2. The van der Waals surface area contributed by atoms with Crippen molar-refractivity contribution in [3.63, 3.8) is 0 Å². The smallest absolute Gasteiger partial charge is 0.261 e. The third-order valence-corrected chi connectivity index (χ3v) is 5.38. The van der Waals surface area contributed by atoms with Crippen molar-refractivity contribution in [2.45, 2.75) is 60.0 Å². The fourth-order valence-corrected chi connectivity index (χ4v) is 3.28. The summed E-state index contributed by atoms with van der Waals surface area (Å²) in [6.45, 7) is 10.3. The lowest BCUT2D eigenvalue weighted by molar-refractivity contribution is -0.142. The van der Waals surface area contributed by atoms with Crippen LogP contribution in [0.5, 0.6) is 5.75 Å². The minimum atomic E-state index is -0.682. The predicted molar refractivity (Wildman–Crippen MR) is 120 cm³/mol. The Morgan fingerprint density at radius 2 is 1.81 bits per heavy atom. The van der Waals surface area contributed by atoms with E-state index in [9.17, 15) is 14.0 Å². The van der Waals surface area contributed by atoms with Gasteiger partial charge in [-0.15, -0.1) is 0 Å². The lowest BCUT2D eigenvalue weighted by Crippen LogP contribution is -2.49. The van der Waals surface area contributed by atoms with Crippen LogP contribution in [-0.4, -0.2) is 35.9 Å². The number of unbranched alkanes of at least 4 members (excludes halogenated alkanes) is 1. The average molecular weight is 429 g/mol. The van der Waals surface area contributed by atoms with Crippen molar-refractivity contribution in [2.24, 2.45) is 0 Å². The van der Waals surface area contributed by atoms with Crippen LogP contribution in [0.3, 0.4) is 0 Å². The Kier molecular flexibility index (Phi) is 9.03. The lowest BCUT2D eigenvalue weighted by atomic mass is 10.1. The standard InChI is InChI=1S/C25H33FN2O3/c1-6-7-12-27-25(30)20(5)28(15-21-8-10-22(26)11-9-21)24(29)16-31-23-14-17(2)13-18(3)19(23)4/h8-11,13-14,20H,6-7,12,15-16H2,1-5H3,(H,27,30)/t20-/m0/s1. The molecule has 2 amide bonds. The summed E-state index contributed by atoms with van der Waals surface area (Å²) in [5, 5.41) is 2.88. The molecule has 0 heterocycles. The molecule has 168 valence electrons. The summed E-state index contributed by atoms with van der Waals surface area (Å²) >= 11 is 0. The molecule has 0 aliphatic heterocycles. The van der Waals surface area contributed by atoms with Crippen molar-refractivity contribution < 1.29 is 18.7 Å². The first-order chi connectivity index (χ1) is 14.7. The highest BCUT2D eigenvalue weighted by Gasteiger charge is 2.26. The van der Waals surface area contributed by atoms with Gasteiger partial charge in [0.2, 0.25) is 5.91 Å². The molecule has 1 N–H and O–H groups in total. The summed E-state index contributed by atoms with van der Waals surface area (Å²) in [6.07, 6.45) is 1.84. The van der Waals surface area contributed by atoms with E-state index < -0.39 is 6.04 Å². The molecule has 0 radical (unpaired) electrons. The Bertz CT molecular complexity index is 896. The molecule has 2 aromatic carbocycles. The molecule has 2 rings (SSSR count). The van der Waals surface area contributed by atoms with Crippen molar-refractivity contribution >= 4 is 11.8 Å². The van der Waals surface area contributed by atoms with Crippen LogP contribution in [0.2, 0.25) is 0 Å². The van der Waals surface area contributed by atoms with E-state index in [1.807, 2.05) is 33.8 Å². The predicted octanol–water partition coefficient (Wildman–Crippen LogP) is 4.46. The zero-order valence-electron chi connectivity index (χ0n) is 19.1. The summed E-state index contributed by atoms with van der Waals surface area (Å²) in [5.74, 6) is -0.208. The van der Waals surface area contributed by atoms with Gasteiger partial charge in [-0.1, -0.05) is 31.5 Å². The first-order valence-electron chi connectivity index (χ1n) is 10.7. The molecule has 0 fully saturated rings. The minimum absolute atomic E-state index is 0.183. The van der Waals surface area contributed by atoms with Crippen molar-refractivity contribution in [3.8, 4) is 5.75 Å². The van der Waals surface area contributed by atoms with Crippen molar-refractivity contribution in [1.29, 1.82) is 0 Å². The van der Waals surface area contributed by atoms with Gasteiger partial charge < -0.3 is 15.0 Å². The molecule has 0 saturated heterocycles. The molecule has 0 spiro atoms. The summed E-state index contributed by atoms with van der Waals surface area (Å²) in [4.78, 5) is 27.2. The number of nitrogens with one attached hydrogen (secondary N) is 1. The number of rotatable bonds is 10. The van der Waals surface area contributed by atoms with Crippen LogP contribution in [0, 0.1) is 26.6 Å². The number of carbonyl (C=O) groups is 2. The molecule has 5 nitrogen and oxygen atoms in total. The number of hydrogen-bond acceptors (Lipinski definition) is 3. The Morgan fingerprint density at radius 3 is 2.45 bits per heavy atom. The highest BCUT2D eigenvalue weighted by molar-refractivity contribution is 5.88. The number of carbonyl (C=O) groups excluding carboxylic acids is 2. The Hall–Kier alpha value is -2.89. The van der Waals surface area contributed by atoms with Gasteiger partial charge in [-0.05, 0) is 74.6 Å². The number of halogens is 1. The third kappa shape index (κ3) is 7.09. The van der Waals surface area contributed by atoms with E-state index in [4.69, 9.17) is 4.74 Å². The van der Waals surface area contributed by atoms with Crippen molar-refractivity contribution in [2.75, 3.05) is 13.2 Å². The van der Waals surface area contributed by atoms with Gasteiger partial charge in [0, 0.05) is 13.1 Å². The van der Waals surface area contributed by atoms with Crippen LogP contribution < -0.4 is 10.1 Å². The average Bonchev–Trinajstić information content (AvgIpc) is 2.74. The monoisotopic (exact) mass is 428 g/mol. The number of ether oxygens (including phenoxy) is 1. The quantitative estimate of drug-likeness (QED) is 0.568. The van der Waals surface area contributed by atoms with E-state index in [1.54, 1.807) is 19.1 Å². The Labute approximate surface area is 184 Å². The van der Waals surface area contributed by atoms with Crippen LogP contribution in [-0.2, 0) is 16.1 Å². The summed E-state index contributed by atoms with van der Waals surface area (Å²) in [5.41, 5.74) is 3.87. The number of nitrogens with zero attached hydrogens (tertiary/aromatic N) is 1. The summed E-state index contributed by atoms with van der Waals surface area (Å²) in [7, 11) is 0. The normalized spacial score (nSPS) is 11.7. The van der Waals surface area contributed by atoms with Crippen molar-refractivity contribution in [1.82, 2.24) is 10.2 Å². The van der Waals surface area contributed by atoms with Crippen LogP contribution in [0.4, 0.5) is 4.39 Å². The lowest BCUT2D eigenvalue weighted by Gasteiger charge is -2.29. The zero-order valence-corrected chi connectivity index (χ0v) is 19.1. The Morgan fingerprint density at radius 1 is 1.13 bits per heavy atom. The number of benzene rings is 2. The molecule has 0 aromatic heterocycles. The maximum absolute atomic E-state index is 13.3. The second kappa shape index (κ2) is 11.5. The van der Waals surface area contributed by atoms with Gasteiger partial charge in [-0.2, -0.15) is 0 Å². The topological polar surface area (TPSA) is 58.6 Å². The van der Waals surface area contributed by atoms with Gasteiger partial charge in [0.05, 0.1) is 0 Å². The maximum Gasteiger partial charge on any atom is 0.261 e. The van der Waals surface area contributed by atoms with Gasteiger partial charge in [-0.3, -0.25) is 9.59 Å². The summed E-state index contributed by atoms with van der Waals surface area (Å²) in [6, 6.07) is 9.21. The molecular weight excluding hydrogens is 395 g/mol. The van der Waals surface area contributed by atoms with Gasteiger partial charge in [0.25, 0.3) is 5.91 Å². The molecule has 0 aliphatic carbocycles. The van der Waals surface area contributed by atoms with Gasteiger partial charge in [0.1, 0.15) is 17.6 Å². The second-order valence-electron chi connectivity index (χ2n) is 7.96. The first-order valence-corrected chi connectivity index (χ1v) is 10.7. The van der Waals surface area contributed by atoms with Crippen LogP contribution >= 0.6 is 0 Å². The van der Waals surface area contributed by atoms with E-state index in [1.165, 1.54) is 17.0 Å². The van der Waals surface area contributed by atoms with E-state index in [2.05, 4.69) is 11.4 Å². The largest absolute Gasteiger partial charge is 0.483 e. The maximum atomic E-state index is 13.3. The highest BCUT2D eigenvalue weighted by Crippen LogP contribution is 2.23.